The summed E-state index contributed by atoms with van der Waals surface area (Å²) in [4.78, 5) is 26.3. The highest BCUT2D eigenvalue weighted by molar-refractivity contribution is 7.89. The molecule has 1 amide bonds. The van der Waals surface area contributed by atoms with Crippen molar-refractivity contribution in [2.45, 2.75) is 30.6 Å². The number of hydrogen-bond donors (Lipinski definition) is 2. The summed E-state index contributed by atoms with van der Waals surface area (Å²) < 4.78 is 33.8. The number of hydrogen-bond acceptors (Lipinski definition) is 6. The minimum absolute atomic E-state index is 0.0559. The van der Waals surface area contributed by atoms with Gasteiger partial charge in [0.2, 0.25) is 15.8 Å². The number of ketones is 1. The molecule has 196 valence electrons. The number of sulfonamides is 1. The van der Waals surface area contributed by atoms with Crippen LogP contribution in [0.3, 0.4) is 0 Å². The van der Waals surface area contributed by atoms with E-state index in [4.69, 9.17) is 4.42 Å². The number of carbonyl (C=O) groups excluding carboxylic acids is 2. The van der Waals surface area contributed by atoms with Crippen molar-refractivity contribution >= 4 is 44.1 Å². The summed E-state index contributed by atoms with van der Waals surface area (Å²) in [5.74, 6) is -0.703. The number of carbonyl (C=O) groups is 2. The molecule has 1 aliphatic rings. The van der Waals surface area contributed by atoms with Crippen molar-refractivity contribution in [3.05, 3.63) is 90.2 Å². The molecule has 1 aromatic heterocycles. The van der Waals surface area contributed by atoms with E-state index in [-0.39, 0.29) is 28.5 Å². The third-order valence-electron chi connectivity index (χ3n) is 6.62. The lowest BCUT2D eigenvalue weighted by Gasteiger charge is -2.20. The van der Waals surface area contributed by atoms with Gasteiger partial charge < -0.3 is 15.1 Å². The Morgan fingerprint density at radius 3 is 2.32 bits per heavy atom. The SMILES string of the molecule is O=C(CNc1c(C(=O)Nc2ccccc2)oc2ccccc12)c1cccc(S(=O)(=O)N2CCCCCC2)c1. The third-order valence-corrected chi connectivity index (χ3v) is 8.51. The fraction of sp³-hybridized carbons (Fsp3) is 0.241. The van der Waals surface area contributed by atoms with Gasteiger partial charge in [0.25, 0.3) is 5.91 Å². The predicted molar refractivity (Wildman–Crippen MR) is 147 cm³/mol. The van der Waals surface area contributed by atoms with E-state index in [0.717, 1.165) is 25.7 Å². The molecule has 0 unspecified atom stereocenters. The minimum atomic E-state index is -3.68. The highest BCUT2D eigenvalue weighted by Gasteiger charge is 2.26. The van der Waals surface area contributed by atoms with Crippen molar-refractivity contribution in [2.24, 2.45) is 0 Å². The van der Waals surface area contributed by atoms with Gasteiger partial charge in [0.15, 0.2) is 5.78 Å². The first-order chi connectivity index (χ1) is 18.4. The topological polar surface area (TPSA) is 109 Å². The Bertz CT molecular complexity index is 1560. The molecule has 1 saturated heterocycles. The maximum absolute atomic E-state index is 13.2. The molecule has 2 heterocycles. The molecule has 0 saturated carbocycles. The highest BCUT2D eigenvalue weighted by atomic mass is 32.2. The zero-order valence-corrected chi connectivity index (χ0v) is 21.7. The molecule has 2 N–H and O–H groups in total. The number of fused-ring (bicyclic) bond motifs is 1. The summed E-state index contributed by atoms with van der Waals surface area (Å²) in [6, 6.07) is 22.3. The summed E-state index contributed by atoms with van der Waals surface area (Å²) in [5, 5.41) is 6.54. The molecule has 9 heteroatoms. The number of benzene rings is 3. The molecular weight excluding hydrogens is 502 g/mol. The number of furan rings is 1. The van der Waals surface area contributed by atoms with Crippen molar-refractivity contribution in [1.82, 2.24) is 4.31 Å². The zero-order valence-electron chi connectivity index (χ0n) is 20.9. The second-order valence-electron chi connectivity index (χ2n) is 9.25. The largest absolute Gasteiger partial charge is 0.449 e. The summed E-state index contributed by atoms with van der Waals surface area (Å²) in [7, 11) is -3.68. The Morgan fingerprint density at radius 1 is 0.842 bits per heavy atom. The standard InChI is InChI=1S/C29H29N3O5S/c33-25(21-11-10-14-23(19-21)38(35,36)32-17-8-1-2-9-18-32)20-30-27-24-15-6-7-16-26(24)37-28(27)29(34)31-22-12-4-3-5-13-22/h3-7,10-16,19,30H,1-2,8-9,17-18,20H2,(H,31,34). The van der Waals surface area contributed by atoms with Gasteiger partial charge in [0.05, 0.1) is 17.1 Å². The summed E-state index contributed by atoms with van der Waals surface area (Å²) in [6.45, 7) is 0.829. The van der Waals surface area contributed by atoms with Crippen molar-refractivity contribution < 1.29 is 22.4 Å². The minimum Gasteiger partial charge on any atom is -0.449 e. The lowest BCUT2D eigenvalue weighted by Crippen LogP contribution is -2.32. The molecule has 38 heavy (non-hydrogen) atoms. The van der Waals surface area contributed by atoms with E-state index in [2.05, 4.69) is 10.6 Å². The molecule has 1 aliphatic heterocycles. The van der Waals surface area contributed by atoms with E-state index in [1.54, 1.807) is 42.5 Å². The molecule has 0 spiro atoms. The van der Waals surface area contributed by atoms with Gasteiger partial charge in [0, 0.05) is 29.7 Å². The van der Waals surface area contributed by atoms with Crippen LogP contribution in [-0.4, -0.2) is 44.0 Å². The van der Waals surface area contributed by atoms with Crippen molar-refractivity contribution in [3.8, 4) is 0 Å². The van der Waals surface area contributed by atoms with Gasteiger partial charge in [-0.15, -0.1) is 0 Å². The van der Waals surface area contributed by atoms with Crippen LogP contribution in [0.25, 0.3) is 11.0 Å². The number of nitrogens with one attached hydrogen (secondary N) is 2. The first-order valence-corrected chi connectivity index (χ1v) is 14.1. The fourth-order valence-electron chi connectivity index (χ4n) is 4.62. The lowest BCUT2D eigenvalue weighted by atomic mass is 10.1. The molecule has 5 rings (SSSR count). The van der Waals surface area contributed by atoms with Crippen LogP contribution in [0.4, 0.5) is 11.4 Å². The van der Waals surface area contributed by atoms with Crippen LogP contribution in [0, 0.1) is 0 Å². The number of Topliss-reactive ketones (excluding diaryl/α,β-unsaturated/α-hetero) is 1. The van der Waals surface area contributed by atoms with Gasteiger partial charge in [-0.2, -0.15) is 4.31 Å². The molecule has 0 atom stereocenters. The van der Waals surface area contributed by atoms with Gasteiger partial charge >= 0.3 is 0 Å². The first kappa shape index (κ1) is 25.7. The van der Waals surface area contributed by atoms with Crippen molar-refractivity contribution in [3.63, 3.8) is 0 Å². The van der Waals surface area contributed by atoms with Crippen LogP contribution >= 0.6 is 0 Å². The zero-order chi connectivity index (χ0) is 26.5. The van der Waals surface area contributed by atoms with E-state index in [0.29, 0.717) is 35.4 Å². The van der Waals surface area contributed by atoms with E-state index in [1.807, 2.05) is 24.3 Å². The van der Waals surface area contributed by atoms with Crippen LogP contribution in [-0.2, 0) is 10.0 Å². The molecule has 3 aromatic carbocycles. The summed E-state index contributed by atoms with van der Waals surface area (Å²) in [5.41, 5.74) is 1.79. The molecule has 0 bridgehead atoms. The summed E-state index contributed by atoms with van der Waals surface area (Å²) >= 11 is 0. The predicted octanol–water partition coefficient (Wildman–Crippen LogP) is 5.54. The summed E-state index contributed by atoms with van der Waals surface area (Å²) in [6.07, 6.45) is 3.70. The Hall–Kier alpha value is -3.95. The molecule has 8 nitrogen and oxygen atoms in total. The number of nitrogens with zero attached hydrogens (tertiary/aromatic N) is 1. The Kier molecular flexibility index (Phi) is 7.57. The van der Waals surface area contributed by atoms with E-state index in [9.17, 15) is 18.0 Å². The Morgan fingerprint density at radius 2 is 1.55 bits per heavy atom. The normalized spacial score (nSPS) is 14.6. The number of anilines is 2. The van der Waals surface area contributed by atoms with Crippen LogP contribution in [0.2, 0.25) is 0 Å². The lowest BCUT2D eigenvalue weighted by molar-refractivity contribution is 0.0990. The average Bonchev–Trinajstić information content (AvgIpc) is 3.09. The van der Waals surface area contributed by atoms with E-state index < -0.39 is 15.9 Å². The smallest absolute Gasteiger partial charge is 0.293 e. The van der Waals surface area contributed by atoms with Gasteiger partial charge in [-0.05, 0) is 49.2 Å². The van der Waals surface area contributed by atoms with E-state index in [1.165, 1.54) is 16.4 Å². The van der Waals surface area contributed by atoms with Crippen LogP contribution < -0.4 is 10.6 Å². The van der Waals surface area contributed by atoms with Crippen LogP contribution in [0.15, 0.2) is 88.2 Å². The van der Waals surface area contributed by atoms with Crippen LogP contribution in [0.1, 0.15) is 46.6 Å². The van der Waals surface area contributed by atoms with Gasteiger partial charge in [-0.25, -0.2) is 8.42 Å². The third kappa shape index (κ3) is 5.49. The quantitative estimate of drug-likeness (QED) is 0.289. The van der Waals surface area contributed by atoms with Crippen LogP contribution in [0.5, 0.6) is 0 Å². The van der Waals surface area contributed by atoms with Crippen molar-refractivity contribution in [1.29, 1.82) is 0 Å². The Balaban J connectivity index is 1.36. The number of rotatable bonds is 8. The molecule has 0 aliphatic carbocycles. The maximum atomic E-state index is 13.2. The van der Waals surface area contributed by atoms with Crippen molar-refractivity contribution in [2.75, 3.05) is 30.3 Å². The maximum Gasteiger partial charge on any atom is 0.293 e. The average molecular weight is 532 g/mol. The molecular formula is C29H29N3O5S. The van der Waals surface area contributed by atoms with Gasteiger partial charge in [0.1, 0.15) is 5.58 Å². The monoisotopic (exact) mass is 531 g/mol. The number of para-hydroxylation sites is 2. The Labute approximate surface area is 221 Å². The number of amides is 1. The second kappa shape index (κ2) is 11.2. The second-order valence-corrected chi connectivity index (χ2v) is 11.2. The van der Waals surface area contributed by atoms with Gasteiger partial charge in [-0.3, -0.25) is 9.59 Å². The molecule has 1 fully saturated rings. The van der Waals surface area contributed by atoms with Gasteiger partial charge in [-0.1, -0.05) is 55.3 Å². The fourth-order valence-corrected chi connectivity index (χ4v) is 6.19. The highest BCUT2D eigenvalue weighted by Crippen LogP contribution is 2.31. The molecule has 0 radical (unpaired) electrons. The van der Waals surface area contributed by atoms with E-state index >= 15 is 0 Å². The molecule has 4 aromatic rings. The first-order valence-electron chi connectivity index (χ1n) is 12.7.